The molecule has 0 saturated carbocycles. The number of hydrogen-bond donors (Lipinski definition) is 0. The Balaban J connectivity index is 2.00. The van der Waals surface area contributed by atoms with Crippen LogP contribution in [0.4, 0.5) is 18.9 Å². The molecule has 7 heteroatoms. The first kappa shape index (κ1) is 24.0. The molecule has 3 aromatic carbocycles. The summed E-state index contributed by atoms with van der Waals surface area (Å²) in [7, 11) is 3.20. The van der Waals surface area contributed by atoms with Crippen molar-refractivity contribution in [1.82, 2.24) is 0 Å². The lowest BCUT2D eigenvalue weighted by molar-refractivity contribution is 0.148. The van der Waals surface area contributed by atoms with E-state index in [1.165, 1.54) is 0 Å². The van der Waals surface area contributed by atoms with Crippen molar-refractivity contribution in [1.29, 1.82) is 0 Å². The van der Waals surface area contributed by atoms with Crippen LogP contribution in [0.25, 0.3) is 0 Å². The number of nitrogens with zero attached hydrogens (tertiary/aromatic N) is 1. The van der Waals surface area contributed by atoms with Crippen LogP contribution in [0, 0.1) is 12.7 Å². The summed E-state index contributed by atoms with van der Waals surface area (Å²) in [5.74, 6) is 0.918. The summed E-state index contributed by atoms with van der Waals surface area (Å²) in [4.78, 5) is 1.89. The van der Waals surface area contributed by atoms with Crippen molar-refractivity contribution in [3.63, 3.8) is 0 Å². The Hall–Kier alpha value is -2.67. The maximum atomic E-state index is 15.4. The molecule has 0 spiro atoms. The van der Waals surface area contributed by atoms with E-state index in [0.717, 1.165) is 22.6 Å². The van der Waals surface area contributed by atoms with E-state index in [2.05, 4.69) is 15.9 Å². The number of aryl methyl sites for hydroxylation is 1. The highest BCUT2D eigenvalue weighted by Crippen LogP contribution is 2.35. The monoisotopic (exact) mass is 507 g/mol. The number of anilines is 1. The van der Waals surface area contributed by atoms with Crippen molar-refractivity contribution < 1.29 is 22.6 Å². The molecule has 0 unspecified atom stereocenters. The zero-order valence-electron chi connectivity index (χ0n) is 18.2. The second-order valence-corrected chi connectivity index (χ2v) is 8.26. The molecular weight excluding hydrogens is 483 g/mol. The van der Waals surface area contributed by atoms with Crippen molar-refractivity contribution in [3.05, 3.63) is 87.1 Å². The second-order valence-electron chi connectivity index (χ2n) is 7.47. The van der Waals surface area contributed by atoms with E-state index in [0.29, 0.717) is 24.3 Å². The van der Waals surface area contributed by atoms with Crippen molar-refractivity contribution >= 4 is 21.6 Å². The van der Waals surface area contributed by atoms with Gasteiger partial charge >= 0.3 is 0 Å². The Morgan fingerprint density at radius 2 is 1.34 bits per heavy atom. The smallest absolute Gasteiger partial charge is 0.242 e. The Labute approximate surface area is 194 Å². The molecule has 170 valence electrons. The number of alkyl halides is 2. The number of hydrogen-bond acceptors (Lipinski definition) is 3. The van der Waals surface area contributed by atoms with E-state index in [1.54, 1.807) is 27.2 Å². The van der Waals surface area contributed by atoms with Crippen molar-refractivity contribution in [2.24, 2.45) is 0 Å². The van der Waals surface area contributed by atoms with Gasteiger partial charge in [0.05, 0.1) is 24.4 Å². The van der Waals surface area contributed by atoms with Gasteiger partial charge in [-0.15, -0.1) is 0 Å². The van der Waals surface area contributed by atoms with Gasteiger partial charge in [0, 0.05) is 19.5 Å². The summed E-state index contributed by atoms with van der Waals surface area (Å²) in [5, 5.41) is 0. The maximum absolute atomic E-state index is 15.4. The van der Waals surface area contributed by atoms with Crippen LogP contribution in [0.5, 0.6) is 11.5 Å². The molecule has 0 atom stereocenters. The molecular formula is C25H25BrF3NO2. The summed E-state index contributed by atoms with van der Waals surface area (Å²) in [5.41, 5.74) is 3.17. The highest BCUT2D eigenvalue weighted by Gasteiger charge is 2.21. The normalized spacial score (nSPS) is 11.0. The van der Waals surface area contributed by atoms with Crippen LogP contribution in [-0.2, 0) is 19.5 Å². The first-order valence-corrected chi connectivity index (χ1v) is 10.9. The molecule has 0 saturated heterocycles. The second kappa shape index (κ2) is 10.8. The Morgan fingerprint density at radius 1 is 0.875 bits per heavy atom. The number of ether oxygens (including phenoxy) is 2. The van der Waals surface area contributed by atoms with Gasteiger partial charge in [0.15, 0.2) is 5.82 Å². The third kappa shape index (κ3) is 5.76. The van der Waals surface area contributed by atoms with Crippen LogP contribution < -0.4 is 14.4 Å². The summed E-state index contributed by atoms with van der Waals surface area (Å²) >= 11 is 3.22. The molecule has 0 heterocycles. The summed E-state index contributed by atoms with van der Waals surface area (Å²) < 4.78 is 51.9. The molecule has 0 amide bonds. The molecule has 3 aromatic rings. The van der Waals surface area contributed by atoms with Crippen LogP contribution in [0.3, 0.4) is 0 Å². The van der Waals surface area contributed by atoms with Gasteiger partial charge in [0.2, 0.25) is 6.43 Å². The van der Waals surface area contributed by atoms with E-state index < -0.39 is 18.7 Å². The van der Waals surface area contributed by atoms with Gasteiger partial charge in [-0.3, -0.25) is 0 Å². The van der Waals surface area contributed by atoms with Gasteiger partial charge in [-0.25, -0.2) is 13.2 Å². The first-order valence-electron chi connectivity index (χ1n) is 10.1. The first-order chi connectivity index (χ1) is 15.3. The quantitative estimate of drug-likeness (QED) is 0.313. The van der Waals surface area contributed by atoms with Crippen LogP contribution in [0.1, 0.15) is 22.3 Å². The fourth-order valence-corrected chi connectivity index (χ4v) is 4.22. The number of rotatable bonds is 9. The van der Waals surface area contributed by atoms with Gasteiger partial charge in [-0.2, -0.15) is 0 Å². The average molecular weight is 508 g/mol. The van der Waals surface area contributed by atoms with E-state index >= 15 is 4.39 Å². The average Bonchev–Trinajstić information content (AvgIpc) is 2.79. The molecule has 32 heavy (non-hydrogen) atoms. The molecule has 0 radical (unpaired) electrons. The summed E-state index contributed by atoms with van der Waals surface area (Å²) in [6, 6.07) is 16.7. The van der Waals surface area contributed by atoms with Crippen LogP contribution in [0.15, 0.2) is 59.1 Å². The molecule has 3 nitrogen and oxygen atoms in total. The van der Waals surface area contributed by atoms with Gasteiger partial charge in [0.25, 0.3) is 0 Å². The molecule has 0 bridgehead atoms. The predicted molar refractivity (Wildman–Crippen MR) is 124 cm³/mol. The van der Waals surface area contributed by atoms with Gasteiger partial charge in [-0.05, 0) is 75.4 Å². The van der Waals surface area contributed by atoms with E-state index in [4.69, 9.17) is 9.47 Å². The molecule has 0 N–H and O–H groups in total. The fraction of sp³-hybridized carbons (Fsp3) is 0.280. The van der Waals surface area contributed by atoms with E-state index in [-0.39, 0.29) is 10.0 Å². The zero-order valence-corrected chi connectivity index (χ0v) is 19.8. The summed E-state index contributed by atoms with van der Waals surface area (Å²) in [6.07, 6.45) is -3.05. The van der Waals surface area contributed by atoms with Crippen LogP contribution in [0.2, 0.25) is 0 Å². The largest absolute Gasteiger partial charge is 0.497 e. The number of halogens is 4. The van der Waals surface area contributed by atoms with Crippen LogP contribution in [-0.4, -0.2) is 20.6 Å². The molecule has 3 rings (SSSR count). The van der Waals surface area contributed by atoms with Gasteiger partial charge in [-0.1, -0.05) is 24.3 Å². The lowest BCUT2D eigenvalue weighted by atomic mass is 10.0. The van der Waals surface area contributed by atoms with Crippen molar-refractivity contribution in [3.8, 4) is 11.5 Å². The third-order valence-corrected chi connectivity index (χ3v) is 6.10. The van der Waals surface area contributed by atoms with Gasteiger partial charge in [0.1, 0.15) is 11.5 Å². The number of benzene rings is 3. The fourth-order valence-electron chi connectivity index (χ4n) is 3.54. The summed E-state index contributed by atoms with van der Waals surface area (Å²) in [6.45, 7) is 2.57. The highest BCUT2D eigenvalue weighted by molar-refractivity contribution is 9.10. The van der Waals surface area contributed by atoms with E-state index in [9.17, 15) is 8.78 Å². The Morgan fingerprint density at radius 3 is 1.75 bits per heavy atom. The van der Waals surface area contributed by atoms with E-state index in [1.807, 2.05) is 53.4 Å². The Bertz CT molecular complexity index is 991. The standard InChI is InChI=1S/C25H25BrF3NO2/c1-16-12-22(25(29)24(26)21(16)13-23(27)28)30(14-17-4-8-19(31-2)9-5-17)15-18-6-10-20(32-3)11-7-18/h4-12,23H,13-15H2,1-3H3. The SMILES string of the molecule is COc1ccc(CN(Cc2ccc(OC)cc2)c2cc(C)c(CC(F)F)c(Br)c2F)cc1. The highest BCUT2D eigenvalue weighted by atomic mass is 79.9. The zero-order chi connectivity index (χ0) is 23.3. The lowest BCUT2D eigenvalue weighted by Gasteiger charge is -2.27. The Kier molecular flexibility index (Phi) is 8.07. The molecule has 0 aliphatic carbocycles. The topological polar surface area (TPSA) is 21.7 Å². The molecule has 0 aliphatic heterocycles. The molecule has 0 aromatic heterocycles. The van der Waals surface area contributed by atoms with Crippen LogP contribution >= 0.6 is 15.9 Å². The number of methoxy groups -OCH3 is 2. The predicted octanol–water partition coefficient (Wildman–Crippen LogP) is 6.93. The molecule has 0 aliphatic rings. The maximum Gasteiger partial charge on any atom is 0.242 e. The van der Waals surface area contributed by atoms with Crippen molar-refractivity contribution in [2.75, 3.05) is 19.1 Å². The minimum absolute atomic E-state index is 0.0854. The molecule has 0 fully saturated rings. The van der Waals surface area contributed by atoms with Gasteiger partial charge < -0.3 is 14.4 Å². The minimum atomic E-state index is -2.55. The third-order valence-electron chi connectivity index (χ3n) is 5.28. The minimum Gasteiger partial charge on any atom is -0.497 e. The lowest BCUT2D eigenvalue weighted by Crippen LogP contribution is -2.24. The van der Waals surface area contributed by atoms with Crippen molar-refractivity contribution in [2.45, 2.75) is 32.9 Å².